The highest BCUT2D eigenvalue weighted by molar-refractivity contribution is 9.10. The molecule has 0 bridgehead atoms. The Kier molecular flexibility index (Phi) is 5.64. The number of hydrogen-bond acceptors (Lipinski definition) is 5. The maximum Gasteiger partial charge on any atom is 0.338 e. The minimum absolute atomic E-state index is 0.0982. The van der Waals surface area contributed by atoms with Crippen LogP contribution in [0.4, 0.5) is 11.4 Å². The van der Waals surface area contributed by atoms with Crippen molar-refractivity contribution in [2.24, 2.45) is 0 Å². The lowest BCUT2D eigenvalue weighted by atomic mass is 10.2. The molecule has 7 nitrogen and oxygen atoms in total. The molecule has 0 atom stereocenters. The van der Waals surface area contributed by atoms with Crippen molar-refractivity contribution in [1.29, 1.82) is 0 Å². The van der Waals surface area contributed by atoms with Crippen LogP contribution in [0.1, 0.15) is 15.9 Å². The molecule has 1 N–H and O–H groups in total. The lowest BCUT2D eigenvalue weighted by Gasteiger charge is -2.07. The zero-order valence-electron chi connectivity index (χ0n) is 12.6. The van der Waals surface area contributed by atoms with E-state index in [0.29, 0.717) is 15.6 Å². The third-order valence-electron chi connectivity index (χ3n) is 3.08. The molecule has 0 radical (unpaired) electrons. The minimum Gasteiger partial charge on any atom is -0.452 e. The standard InChI is InChI=1S/C16H13BrN2O5/c1-10-5-6-13(8-14(10)19(22)23)18-15(20)9-24-16(21)11-3-2-4-12(17)7-11/h2-8H,9H2,1H3,(H,18,20). The summed E-state index contributed by atoms with van der Waals surface area (Å²) in [6, 6.07) is 10.9. The lowest BCUT2D eigenvalue weighted by Crippen LogP contribution is -2.21. The molecule has 8 heteroatoms. The number of nitro benzene ring substituents is 1. The molecule has 2 rings (SSSR count). The van der Waals surface area contributed by atoms with Crippen LogP contribution in [-0.2, 0) is 9.53 Å². The van der Waals surface area contributed by atoms with E-state index in [0.717, 1.165) is 0 Å². The second-order valence-electron chi connectivity index (χ2n) is 4.89. The lowest BCUT2D eigenvalue weighted by molar-refractivity contribution is -0.385. The largest absolute Gasteiger partial charge is 0.452 e. The predicted molar refractivity (Wildman–Crippen MR) is 90.9 cm³/mol. The molecule has 0 aromatic heterocycles. The summed E-state index contributed by atoms with van der Waals surface area (Å²) in [5.74, 6) is -1.22. The molecule has 0 heterocycles. The van der Waals surface area contributed by atoms with Crippen LogP contribution in [0.3, 0.4) is 0 Å². The SMILES string of the molecule is Cc1ccc(NC(=O)COC(=O)c2cccc(Br)c2)cc1[N+](=O)[O-]. The van der Waals surface area contributed by atoms with Crippen molar-refractivity contribution in [3.05, 3.63) is 68.2 Å². The van der Waals surface area contributed by atoms with Crippen molar-refractivity contribution in [3.8, 4) is 0 Å². The number of rotatable bonds is 5. The van der Waals surface area contributed by atoms with E-state index >= 15 is 0 Å². The van der Waals surface area contributed by atoms with Crippen LogP contribution in [0.15, 0.2) is 46.9 Å². The van der Waals surface area contributed by atoms with Crippen LogP contribution in [0.5, 0.6) is 0 Å². The number of amides is 1. The first-order valence-corrected chi connectivity index (χ1v) is 7.63. The minimum atomic E-state index is -0.638. The number of hydrogen-bond donors (Lipinski definition) is 1. The normalized spacial score (nSPS) is 10.1. The molecule has 124 valence electrons. The number of ether oxygens (including phenoxy) is 1. The number of aryl methyl sites for hydroxylation is 1. The van der Waals surface area contributed by atoms with E-state index in [9.17, 15) is 19.7 Å². The van der Waals surface area contributed by atoms with Gasteiger partial charge in [0.25, 0.3) is 11.6 Å². The number of nitrogens with zero attached hydrogens (tertiary/aromatic N) is 1. The Morgan fingerprint density at radius 2 is 2.00 bits per heavy atom. The van der Waals surface area contributed by atoms with Gasteiger partial charge < -0.3 is 10.1 Å². The number of halogens is 1. The maximum absolute atomic E-state index is 11.8. The average Bonchev–Trinajstić information content (AvgIpc) is 2.54. The second kappa shape index (κ2) is 7.69. The molecule has 0 saturated heterocycles. The molecule has 0 aliphatic rings. The first-order valence-electron chi connectivity index (χ1n) is 6.84. The Hall–Kier alpha value is -2.74. The Bertz CT molecular complexity index is 807. The summed E-state index contributed by atoms with van der Waals surface area (Å²) in [5.41, 5.74) is 0.956. The third-order valence-corrected chi connectivity index (χ3v) is 3.58. The number of nitro groups is 1. The molecule has 2 aromatic carbocycles. The molecule has 0 aliphatic carbocycles. The summed E-state index contributed by atoms with van der Waals surface area (Å²) < 4.78 is 5.63. The zero-order valence-corrected chi connectivity index (χ0v) is 14.2. The molecule has 0 unspecified atom stereocenters. The van der Waals surface area contributed by atoms with Crippen LogP contribution < -0.4 is 5.32 Å². The van der Waals surface area contributed by atoms with Gasteiger partial charge in [-0.2, -0.15) is 0 Å². The first-order chi connectivity index (χ1) is 11.4. The van der Waals surface area contributed by atoms with E-state index in [-0.39, 0.29) is 11.4 Å². The van der Waals surface area contributed by atoms with Gasteiger partial charge in [0, 0.05) is 21.8 Å². The maximum atomic E-state index is 11.8. The highest BCUT2D eigenvalue weighted by Crippen LogP contribution is 2.22. The number of benzene rings is 2. The van der Waals surface area contributed by atoms with Gasteiger partial charge in [0.2, 0.25) is 0 Å². The van der Waals surface area contributed by atoms with Crippen LogP contribution in [-0.4, -0.2) is 23.4 Å². The average molecular weight is 393 g/mol. The topological polar surface area (TPSA) is 98.5 Å². The number of nitrogens with one attached hydrogen (secondary N) is 1. The molecule has 0 aliphatic heterocycles. The number of carbonyl (C=O) groups is 2. The van der Waals surface area contributed by atoms with Crippen molar-refractivity contribution in [2.45, 2.75) is 6.92 Å². The van der Waals surface area contributed by atoms with Gasteiger partial charge in [-0.05, 0) is 31.2 Å². The molecular weight excluding hydrogens is 380 g/mol. The summed E-state index contributed by atoms with van der Waals surface area (Å²) in [6.45, 7) is 1.11. The summed E-state index contributed by atoms with van der Waals surface area (Å²) >= 11 is 3.24. The van der Waals surface area contributed by atoms with Gasteiger partial charge in [-0.3, -0.25) is 14.9 Å². The summed E-state index contributed by atoms with van der Waals surface area (Å²) in [7, 11) is 0. The van der Waals surface area contributed by atoms with Gasteiger partial charge in [0.05, 0.1) is 10.5 Å². The van der Waals surface area contributed by atoms with Gasteiger partial charge >= 0.3 is 5.97 Å². The number of carbonyl (C=O) groups excluding carboxylic acids is 2. The van der Waals surface area contributed by atoms with E-state index in [1.165, 1.54) is 18.2 Å². The summed E-state index contributed by atoms with van der Waals surface area (Å²) in [4.78, 5) is 34.0. The number of anilines is 1. The predicted octanol–water partition coefficient (Wildman–Crippen LogP) is 3.46. The van der Waals surface area contributed by atoms with Gasteiger partial charge in [-0.25, -0.2) is 4.79 Å². The van der Waals surface area contributed by atoms with E-state index in [4.69, 9.17) is 4.74 Å². The molecule has 24 heavy (non-hydrogen) atoms. The summed E-state index contributed by atoms with van der Waals surface area (Å²) in [5, 5.41) is 13.3. The van der Waals surface area contributed by atoms with Crippen LogP contribution in [0.2, 0.25) is 0 Å². The fraction of sp³-hybridized carbons (Fsp3) is 0.125. The molecule has 0 saturated carbocycles. The van der Waals surface area contributed by atoms with E-state index in [2.05, 4.69) is 21.2 Å². The highest BCUT2D eigenvalue weighted by Gasteiger charge is 2.14. The Balaban J connectivity index is 1.95. The third kappa shape index (κ3) is 4.63. The number of esters is 1. The van der Waals surface area contributed by atoms with Gasteiger partial charge in [0.1, 0.15) is 0 Å². The monoisotopic (exact) mass is 392 g/mol. The van der Waals surface area contributed by atoms with Crippen molar-refractivity contribution in [3.63, 3.8) is 0 Å². The van der Waals surface area contributed by atoms with E-state index in [1.54, 1.807) is 31.2 Å². The van der Waals surface area contributed by atoms with Crippen molar-refractivity contribution in [2.75, 3.05) is 11.9 Å². The first kappa shape index (κ1) is 17.6. The van der Waals surface area contributed by atoms with E-state index < -0.39 is 23.4 Å². The quantitative estimate of drug-likeness (QED) is 0.477. The molecule has 0 spiro atoms. The summed E-state index contributed by atoms with van der Waals surface area (Å²) in [6.07, 6.45) is 0. The van der Waals surface area contributed by atoms with E-state index in [1.807, 2.05) is 0 Å². The Morgan fingerprint density at radius 1 is 1.25 bits per heavy atom. The van der Waals surface area contributed by atoms with Crippen LogP contribution in [0.25, 0.3) is 0 Å². The van der Waals surface area contributed by atoms with Gasteiger partial charge in [-0.15, -0.1) is 0 Å². The van der Waals surface area contributed by atoms with Crippen molar-refractivity contribution in [1.82, 2.24) is 0 Å². The van der Waals surface area contributed by atoms with Crippen LogP contribution >= 0.6 is 15.9 Å². The highest BCUT2D eigenvalue weighted by atomic mass is 79.9. The Morgan fingerprint density at radius 3 is 2.67 bits per heavy atom. The Labute approximate surface area is 145 Å². The van der Waals surface area contributed by atoms with Gasteiger partial charge in [0.15, 0.2) is 6.61 Å². The fourth-order valence-corrected chi connectivity index (χ4v) is 2.31. The van der Waals surface area contributed by atoms with Crippen LogP contribution in [0, 0.1) is 17.0 Å². The smallest absolute Gasteiger partial charge is 0.338 e. The fourth-order valence-electron chi connectivity index (χ4n) is 1.91. The molecule has 1 amide bonds. The molecular formula is C16H13BrN2O5. The van der Waals surface area contributed by atoms with Crippen molar-refractivity contribution < 1.29 is 19.2 Å². The second-order valence-corrected chi connectivity index (χ2v) is 5.81. The van der Waals surface area contributed by atoms with Crippen molar-refractivity contribution >= 4 is 39.2 Å². The van der Waals surface area contributed by atoms with Gasteiger partial charge in [-0.1, -0.05) is 28.1 Å². The molecule has 2 aromatic rings. The molecule has 0 fully saturated rings. The zero-order chi connectivity index (χ0) is 17.7.